The highest BCUT2D eigenvalue weighted by atomic mass is 16.9. The van der Waals surface area contributed by atoms with Gasteiger partial charge in [-0.15, -0.1) is 20.3 Å². The lowest BCUT2D eigenvalue weighted by molar-refractivity contribution is -0.448. The SMILES string of the molecule is CON1C(=O)N(OC)C2(OC)N(OC)C(=O)N(OC)C12OC. The third kappa shape index (κ3) is 1.46. The van der Waals surface area contributed by atoms with Crippen LogP contribution in [0.15, 0.2) is 0 Å². The van der Waals surface area contributed by atoms with Gasteiger partial charge in [0.15, 0.2) is 0 Å². The van der Waals surface area contributed by atoms with Crippen LogP contribution in [0.4, 0.5) is 9.59 Å². The minimum absolute atomic E-state index is 0.737. The van der Waals surface area contributed by atoms with Gasteiger partial charge in [-0.2, -0.15) is 0 Å². The molecule has 4 amide bonds. The predicted molar refractivity (Wildman–Crippen MR) is 65.7 cm³/mol. The molecular formula is C10H18N4O8. The fraction of sp³-hybridized carbons (Fsp3) is 0.800. The molecule has 12 heteroatoms. The minimum atomic E-state index is -1.98. The quantitative estimate of drug-likeness (QED) is 0.633. The van der Waals surface area contributed by atoms with Gasteiger partial charge in [-0.05, 0) is 0 Å². The molecule has 2 heterocycles. The Hall–Kier alpha value is -1.70. The Morgan fingerprint density at radius 3 is 0.955 bits per heavy atom. The van der Waals surface area contributed by atoms with Crippen LogP contribution in [0.25, 0.3) is 0 Å². The van der Waals surface area contributed by atoms with Gasteiger partial charge in [0.05, 0.1) is 28.4 Å². The number of carbonyl (C=O) groups excluding carboxylic acids is 2. The topological polar surface area (TPSA) is 102 Å². The molecule has 12 nitrogen and oxygen atoms in total. The molecule has 2 aliphatic heterocycles. The number of urea groups is 2. The molecule has 0 saturated carbocycles. The second-order valence-corrected chi connectivity index (χ2v) is 4.10. The summed E-state index contributed by atoms with van der Waals surface area (Å²) in [5.41, 5.74) is 0. The van der Waals surface area contributed by atoms with Gasteiger partial charge >= 0.3 is 23.8 Å². The van der Waals surface area contributed by atoms with Gasteiger partial charge in [-0.1, -0.05) is 0 Å². The molecule has 0 radical (unpaired) electrons. The molecule has 22 heavy (non-hydrogen) atoms. The molecule has 0 spiro atoms. The molecule has 0 N–H and O–H groups in total. The number of nitrogens with zero attached hydrogens (tertiary/aromatic N) is 4. The molecule has 126 valence electrons. The van der Waals surface area contributed by atoms with Gasteiger partial charge < -0.3 is 9.47 Å². The van der Waals surface area contributed by atoms with Crippen molar-refractivity contribution in [1.82, 2.24) is 20.3 Å². The highest BCUT2D eigenvalue weighted by Gasteiger charge is 2.86. The van der Waals surface area contributed by atoms with Gasteiger partial charge in [-0.25, -0.2) is 9.59 Å². The van der Waals surface area contributed by atoms with Gasteiger partial charge in [0, 0.05) is 14.2 Å². The third-order valence-electron chi connectivity index (χ3n) is 3.52. The van der Waals surface area contributed by atoms with Gasteiger partial charge in [0.25, 0.3) is 0 Å². The van der Waals surface area contributed by atoms with Gasteiger partial charge in [0.1, 0.15) is 0 Å². The predicted octanol–water partition coefficient (Wildman–Crippen LogP) is -0.692. The van der Waals surface area contributed by atoms with E-state index in [0.29, 0.717) is 0 Å². The molecule has 2 rings (SSSR count). The molecule has 0 aromatic rings. The largest absolute Gasteiger partial charge is 0.377 e. The van der Waals surface area contributed by atoms with Crippen molar-refractivity contribution in [2.45, 2.75) is 11.7 Å². The number of ether oxygens (including phenoxy) is 2. The van der Waals surface area contributed by atoms with Crippen molar-refractivity contribution in [2.24, 2.45) is 0 Å². The average molecular weight is 322 g/mol. The van der Waals surface area contributed by atoms with Crippen molar-refractivity contribution in [3.63, 3.8) is 0 Å². The van der Waals surface area contributed by atoms with Crippen LogP contribution >= 0.6 is 0 Å². The maximum absolute atomic E-state index is 12.5. The number of hydrogen-bond acceptors (Lipinski definition) is 8. The molecule has 2 aliphatic rings. The summed E-state index contributed by atoms with van der Waals surface area (Å²) in [6, 6.07) is -1.60. The van der Waals surface area contributed by atoms with Crippen LogP contribution in [0.2, 0.25) is 0 Å². The third-order valence-corrected chi connectivity index (χ3v) is 3.52. The first kappa shape index (κ1) is 16.7. The van der Waals surface area contributed by atoms with Crippen LogP contribution in [0.3, 0.4) is 0 Å². The number of hydrogen-bond donors (Lipinski definition) is 0. The van der Waals surface area contributed by atoms with E-state index in [0.717, 1.165) is 20.3 Å². The van der Waals surface area contributed by atoms with Gasteiger partial charge in [-0.3, -0.25) is 19.4 Å². The van der Waals surface area contributed by atoms with E-state index in [4.69, 9.17) is 28.8 Å². The highest BCUT2D eigenvalue weighted by Crippen LogP contribution is 2.52. The average Bonchev–Trinajstić information content (AvgIpc) is 2.86. The zero-order chi connectivity index (χ0) is 16.7. The Bertz CT molecular complexity index is 404. The number of fused-ring (bicyclic) bond motifs is 1. The van der Waals surface area contributed by atoms with Crippen LogP contribution in [0, 0.1) is 0 Å². The summed E-state index contributed by atoms with van der Waals surface area (Å²) in [6.45, 7) is 0. The van der Waals surface area contributed by atoms with Crippen molar-refractivity contribution >= 4 is 12.1 Å². The lowest BCUT2D eigenvalue weighted by atomic mass is 10.3. The highest BCUT2D eigenvalue weighted by molar-refractivity contribution is 5.84. The Labute approximate surface area is 126 Å². The first-order valence-corrected chi connectivity index (χ1v) is 6.04. The summed E-state index contributed by atoms with van der Waals surface area (Å²) < 4.78 is 10.8. The first-order chi connectivity index (χ1) is 10.5. The summed E-state index contributed by atoms with van der Waals surface area (Å²) >= 11 is 0. The van der Waals surface area contributed by atoms with Crippen molar-refractivity contribution in [2.75, 3.05) is 42.7 Å². The molecular weight excluding hydrogens is 304 g/mol. The monoisotopic (exact) mass is 322 g/mol. The maximum atomic E-state index is 12.5. The van der Waals surface area contributed by atoms with Crippen LogP contribution in [-0.2, 0) is 28.8 Å². The van der Waals surface area contributed by atoms with E-state index in [1.807, 2.05) is 0 Å². The number of rotatable bonds is 6. The number of hydroxylamine groups is 8. The Kier molecular flexibility index (Phi) is 4.16. The summed E-state index contributed by atoms with van der Waals surface area (Å²) in [6.07, 6.45) is 0. The zero-order valence-corrected chi connectivity index (χ0v) is 13.1. The van der Waals surface area contributed by atoms with E-state index >= 15 is 0 Å². The van der Waals surface area contributed by atoms with Crippen LogP contribution in [0.5, 0.6) is 0 Å². The lowest BCUT2D eigenvalue weighted by Gasteiger charge is -2.42. The maximum Gasteiger partial charge on any atom is 0.377 e. The molecule has 0 aliphatic carbocycles. The molecule has 0 atom stereocenters. The molecule has 0 bridgehead atoms. The standard InChI is InChI=1S/C10H18N4O8/c1-17-9-10(18-2,13(21-5)7(15)11(9)19-3)14(22-6)8(16)12(9)20-4/h1-6H3. The number of methoxy groups -OCH3 is 2. The summed E-state index contributed by atoms with van der Waals surface area (Å²) in [5, 5.41) is 2.95. The van der Waals surface area contributed by atoms with Crippen molar-refractivity contribution < 1.29 is 38.4 Å². The van der Waals surface area contributed by atoms with Gasteiger partial charge in [0.2, 0.25) is 0 Å². The zero-order valence-electron chi connectivity index (χ0n) is 13.1. The number of carbonyl (C=O) groups is 2. The molecule has 0 aromatic heterocycles. The molecule has 0 unspecified atom stereocenters. The fourth-order valence-electron chi connectivity index (χ4n) is 2.78. The Morgan fingerprint density at radius 2 is 0.818 bits per heavy atom. The Balaban J connectivity index is 2.79. The van der Waals surface area contributed by atoms with Crippen molar-refractivity contribution in [1.29, 1.82) is 0 Å². The van der Waals surface area contributed by atoms with E-state index in [1.165, 1.54) is 42.7 Å². The summed E-state index contributed by atoms with van der Waals surface area (Å²) in [7, 11) is 7.34. The van der Waals surface area contributed by atoms with E-state index in [1.54, 1.807) is 0 Å². The lowest BCUT2D eigenvalue weighted by Crippen LogP contribution is -2.69. The van der Waals surface area contributed by atoms with Crippen molar-refractivity contribution in [3.8, 4) is 0 Å². The second kappa shape index (κ2) is 5.49. The van der Waals surface area contributed by atoms with Crippen LogP contribution in [0.1, 0.15) is 0 Å². The van der Waals surface area contributed by atoms with Crippen molar-refractivity contribution in [3.05, 3.63) is 0 Å². The smallest absolute Gasteiger partial charge is 0.332 e. The van der Waals surface area contributed by atoms with E-state index in [9.17, 15) is 9.59 Å². The molecule has 2 fully saturated rings. The molecule has 0 aromatic carbocycles. The van der Waals surface area contributed by atoms with E-state index in [-0.39, 0.29) is 0 Å². The second-order valence-electron chi connectivity index (χ2n) is 4.10. The van der Waals surface area contributed by atoms with Crippen LogP contribution in [-0.4, -0.2) is 86.7 Å². The van der Waals surface area contributed by atoms with E-state index in [2.05, 4.69) is 0 Å². The Morgan fingerprint density at radius 1 is 0.591 bits per heavy atom. The minimum Gasteiger partial charge on any atom is -0.332 e. The summed E-state index contributed by atoms with van der Waals surface area (Å²) in [5.74, 6) is -3.96. The van der Waals surface area contributed by atoms with E-state index < -0.39 is 23.8 Å². The van der Waals surface area contributed by atoms with Crippen LogP contribution < -0.4 is 0 Å². The molecule has 2 saturated heterocycles. The normalized spacial score (nSPS) is 31.5. The first-order valence-electron chi connectivity index (χ1n) is 6.04. The fourth-order valence-corrected chi connectivity index (χ4v) is 2.78. The summed E-state index contributed by atoms with van der Waals surface area (Å²) in [4.78, 5) is 45.3. The number of amides is 4.